The van der Waals surface area contributed by atoms with Gasteiger partial charge in [0.2, 0.25) is 5.75 Å². The summed E-state index contributed by atoms with van der Waals surface area (Å²) in [6.45, 7) is 0. The van der Waals surface area contributed by atoms with Crippen LogP contribution in [0.1, 0.15) is 20.7 Å². The van der Waals surface area contributed by atoms with Gasteiger partial charge in [0.1, 0.15) is 10.6 Å². The minimum Gasteiger partial charge on any atom is -0.493 e. The van der Waals surface area contributed by atoms with E-state index >= 15 is 0 Å². The van der Waals surface area contributed by atoms with Gasteiger partial charge in [-0.1, -0.05) is 11.6 Å². The van der Waals surface area contributed by atoms with Crippen LogP contribution < -0.4 is 18.9 Å². The number of anilines is 1. The summed E-state index contributed by atoms with van der Waals surface area (Å²) in [7, 11) is 1.75. The first-order valence-corrected chi connectivity index (χ1v) is 10.3. The summed E-state index contributed by atoms with van der Waals surface area (Å²) >= 11 is 6.07. The fraction of sp³-hybridized carbons (Fsp3) is 0.263. The molecule has 168 valence electrons. The molecule has 10 nitrogen and oxygen atoms in total. The maximum Gasteiger partial charge on any atom is 0.340 e. The number of esters is 2. The van der Waals surface area contributed by atoms with Crippen molar-refractivity contribution in [2.24, 2.45) is 0 Å². The summed E-state index contributed by atoms with van der Waals surface area (Å²) in [4.78, 5) is 23.7. The number of benzene rings is 2. The average molecular weight is 474 g/mol. The molecular weight excluding hydrogens is 454 g/mol. The van der Waals surface area contributed by atoms with E-state index in [2.05, 4.69) is 9.46 Å². The highest BCUT2D eigenvalue weighted by molar-refractivity contribution is 7.92. The topological polar surface area (TPSA) is 126 Å². The lowest BCUT2D eigenvalue weighted by molar-refractivity contribution is 0.0592. The van der Waals surface area contributed by atoms with Gasteiger partial charge < -0.3 is 23.7 Å². The molecule has 0 amide bonds. The van der Waals surface area contributed by atoms with Crippen molar-refractivity contribution in [3.63, 3.8) is 0 Å². The van der Waals surface area contributed by atoms with Crippen LogP contribution in [0.2, 0.25) is 5.02 Å². The normalized spacial score (nSPS) is 10.8. The van der Waals surface area contributed by atoms with Crippen LogP contribution in [0.25, 0.3) is 0 Å². The van der Waals surface area contributed by atoms with Gasteiger partial charge in [0, 0.05) is 6.07 Å². The van der Waals surface area contributed by atoms with Crippen molar-refractivity contribution in [2.45, 2.75) is 4.90 Å². The van der Waals surface area contributed by atoms with Gasteiger partial charge in [-0.15, -0.1) is 0 Å². The fourth-order valence-electron chi connectivity index (χ4n) is 2.67. The van der Waals surface area contributed by atoms with Gasteiger partial charge in [-0.05, 0) is 18.2 Å². The predicted octanol–water partition coefficient (Wildman–Crippen LogP) is 2.74. The van der Waals surface area contributed by atoms with Crippen LogP contribution in [0.15, 0.2) is 29.2 Å². The summed E-state index contributed by atoms with van der Waals surface area (Å²) in [5.41, 5.74) is -0.521. The Morgan fingerprint density at radius 2 is 1.48 bits per heavy atom. The van der Waals surface area contributed by atoms with E-state index in [1.165, 1.54) is 39.5 Å². The molecule has 2 aromatic rings. The molecule has 12 heteroatoms. The summed E-state index contributed by atoms with van der Waals surface area (Å²) in [6, 6.07) is 4.82. The minimum absolute atomic E-state index is 0.0322. The third-order valence-corrected chi connectivity index (χ3v) is 5.94. The van der Waals surface area contributed by atoms with Crippen LogP contribution in [-0.4, -0.2) is 55.9 Å². The second-order valence-corrected chi connectivity index (χ2v) is 7.86. The first kappa shape index (κ1) is 24.1. The van der Waals surface area contributed by atoms with Gasteiger partial charge in [-0.2, -0.15) is 0 Å². The van der Waals surface area contributed by atoms with Crippen molar-refractivity contribution in [2.75, 3.05) is 40.3 Å². The third kappa shape index (κ3) is 4.78. The number of halogens is 1. The Kier molecular flexibility index (Phi) is 7.58. The lowest BCUT2D eigenvalue weighted by Crippen LogP contribution is -2.18. The van der Waals surface area contributed by atoms with Crippen LogP contribution in [0.4, 0.5) is 5.69 Å². The zero-order valence-corrected chi connectivity index (χ0v) is 18.8. The molecular formula is C19H20ClNO9S. The van der Waals surface area contributed by atoms with Crippen molar-refractivity contribution in [3.05, 3.63) is 40.4 Å². The third-order valence-electron chi connectivity index (χ3n) is 4.11. The first-order valence-electron chi connectivity index (χ1n) is 8.47. The van der Waals surface area contributed by atoms with Crippen LogP contribution >= 0.6 is 11.6 Å². The van der Waals surface area contributed by atoms with Gasteiger partial charge in [-0.3, -0.25) is 4.72 Å². The quantitative estimate of drug-likeness (QED) is 0.575. The smallest absolute Gasteiger partial charge is 0.340 e. The summed E-state index contributed by atoms with van der Waals surface area (Å²) < 4.78 is 53.6. The second kappa shape index (κ2) is 9.75. The predicted molar refractivity (Wildman–Crippen MR) is 111 cm³/mol. The molecule has 0 spiro atoms. The van der Waals surface area contributed by atoms with E-state index in [0.717, 1.165) is 20.3 Å². The summed E-state index contributed by atoms with van der Waals surface area (Å²) in [6.07, 6.45) is 0. The van der Waals surface area contributed by atoms with Crippen molar-refractivity contribution >= 4 is 39.3 Å². The molecule has 0 saturated carbocycles. The van der Waals surface area contributed by atoms with Crippen LogP contribution in [0, 0.1) is 0 Å². The summed E-state index contributed by atoms with van der Waals surface area (Å²) in [5.74, 6) is -1.62. The standard InChI is InChI=1S/C19H20ClNO9S/c1-26-13-9-11(19(23)30-5)15(17(28-3)16(13)27-2)21-31(24,25)14-8-10(18(22)29-4)6-7-12(14)20/h6-9,21H,1-5H3. The monoisotopic (exact) mass is 473 g/mol. The molecule has 0 saturated heterocycles. The van der Waals surface area contributed by atoms with Gasteiger partial charge in [0.05, 0.1) is 51.7 Å². The van der Waals surface area contributed by atoms with Crippen molar-refractivity contribution in [3.8, 4) is 17.2 Å². The number of sulfonamides is 1. The summed E-state index contributed by atoms with van der Waals surface area (Å²) in [5, 5.41) is -0.167. The van der Waals surface area contributed by atoms with Crippen molar-refractivity contribution in [1.29, 1.82) is 0 Å². The highest BCUT2D eigenvalue weighted by Gasteiger charge is 2.29. The molecule has 0 radical (unpaired) electrons. The lowest BCUT2D eigenvalue weighted by Gasteiger charge is -2.20. The largest absolute Gasteiger partial charge is 0.493 e. The number of carbonyl (C=O) groups is 2. The molecule has 0 aliphatic carbocycles. The Bertz CT molecular complexity index is 1120. The molecule has 0 fully saturated rings. The van der Waals surface area contributed by atoms with E-state index in [1.807, 2.05) is 0 Å². The highest BCUT2D eigenvalue weighted by atomic mass is 35.5. The zero-order valence-electron chi connectivity index (χ0n) is 17.3. The van der Waals surface area contributed by atoms with Crippen molar-refractivity contribution in [1.82, 2.24) is 0 Å². The number of methoxy groups -OCH3 is 5. The fourth-order valence-corrected chi connectivity index (χ4v) is 4.28. The van der Waals surface area contributed by atoms with E-state index in [-0.39, 0.29) is 39.1 Å². The Balaban J connectivity index is 2.74. The molecule has 31 heavy (non-hydrogen) atoms. The Labute approximate surface area is 184 Å². The van der Waals surface area contributed by atoms with E-state index in [4.69, 9.17) is 30.5 Å². The number of carbonyl (C=O) groups excluding carboxylic acids is 2. The van der Waals surface area contributed by atoms with Gasteiger partial charge in [-0.25, -0.2) is 18.0 Å². The maximum atomic E-state index is 13.1. The van der Waals surface area contributed by atoms with Crippen LogP contribution in [-0.2, 0) is 19.5 Å². The number of hydrogen-bond acceptors (Lipinski definition) is 9. The number of ether oxygens (including phenoxy) is 5. The molecule has 0 bridgehead atoms. The molecule has 0 aromatic heterocycles. The van der Waals surface area contributed by atoms with Crippen LogP contribution in [0.3, 0.4) is 0 Å². The molecule has 0 aliphatic rings. The lowest BCUT2D eigenvalue weighted by atomic mass is 10.1. The molecule has 0 aliphatic heterocycles. The number of nitrogens with one attached hydrogen (secondary N) is 1. The molecule has 0 unspecified atom stereocenters. The number of rotatable bonds is 8. The van der Waals surface area contributed by atoms with Gasteiger partial charge in [0.25, 0.3) is 10.0 Å². The SMILES string of the molecule is COC(=O)c1ccc(Cl)c(S(=O)(=O)Nc2c(C(=O)OC)cc(OC)c(OC)c2OC)c1. The molecule has 0 atom stereocenters. The Morgan fingerprint density at radius 1 is 0.871 bits per heavy atom. The highest BCUT2D eigenvalue weighted by Crippen LogP contribution is 2.46. The molecule has 1 N–H and O–H groups in total. The van der Waals surface area contributed by atoms with E-state index < -0.39 is 26.9 Å². The van der Waals surface area contributed by atoms with Gasteiger partial charge >= 0.3 is 11.9 Å². The first-order chi connectivity index (χ1) is 14.6. The molecule has 2 aromatic carbocycles. The molecule has 2 rings (SSSR count). The van der Waals surface area contributed by atoms with E-state index in [1.54, 1.807) is 0 Å². The van der Waals surface area contributed by atoms with E-state index in [0.29, 0.717) is 0 Å². The van der Waals surface area contributed by atoms with Gasteiger partial charge in [0.15, 0.2) is 11.5 Å². The average Bonchev–Trinajstić information content (AvgIpc) is 2.77. The van der Waals surface area contributed by atoms with E-state index in [9.17, 15) is 18.0 Å². The molecule has 0 heterocycles. The Morgan fingerprint density at radius 3 is 2.00 bits per heavy atom. The number of hydrogen-bond donors (Lipinski definition) is 1. The van der Waals surface area contributed by atoms with Crippen LogP contribution in [0.5, 0.6) is 17.2 Å². The maximum absolute atomic E-state index is 13.1. The second-order valence-electron chi connectivity index (χ2n) is 5.80. The zero-order chi connectivity index (χ0) is 23.3. The van der Waals surface area contributed by atoms with Crippen molar-refractivity contribution < 1.29 is 41.7 Å². The Hall–Kier alpha value is -3.18. The minimum atomic E-state index is -4.42.